The van der Waals surface area contributed by atoms with Crippen molar-refractivity contribution in [1.82, 2.24) is 4.98 Å². The fourth-order valence-corrected chi connectivity index (χ4v) is 2.81. The molecule has 1 N–H and O–H groups in total. The van der Waals surface area contributed by atoms with Crippen LogP contribution in [0.1, 0.15) is 13.8 Å². The van der Waals surface area contributed by atoms with Gasteiger partial charge in [-0.2, -0.15) is 0 Å². The maximum absolute atomic E-state index is 11.3. The highest BCUT2D eigenvalue weighted by Gasteiger charge is 2.30. The lowest BCUT2D eigenvalue weighted by Crippen LogP contribution is -2.27. The Balaban J connectivity index is 2.57. The van der Waals surface area contributed by atoms with Gasteiger partial charge in [0.2, 0.25) is 0 Å². The number of thioether (sulfide) groups is 1. The van der Waals surface area contributed by atoms with Gasteiger partial charge in [-0.05, 0) is 37.4 Å². The van der Waals surface area contributed by atoms with E-state index in [0.29, 0.717) is 16.5 Å². The largest absolute Gasteiger partial charge is 0.493 e. The number of pyridine rings is 1. The van der Waals surface area contributed by atoms with Crippen LogP contribution in [0.5, 0.6) is 11.5 Å². The summed E-state index contributed by atoms with van der Waals surface area (Å²) in [5.41, 5.74) is 0. The summed E-state index contributed by atoms with van der Waals surface area (Å²) < 4.78 is 9.61. The van der Waals surface area contributed by atoms with Crippen molar-refractivity contribution < 1.29 is 19.4 Å². The summed E-state index contributed by atoms with van der Waals surface area (Å²) in [5.74, 6) is 0.337. The highest BCUT2D eigenvalue weighted by atomic mass is 32.2. The Morgan fingerprint density at radius 1 is 1.24 bits per heavy atom. The number of carboxylic acids is 1. The Hall–Kier alpha value is -1.95. The third-order valence-electron chi connectivity index (χ3n) is 3.10. The lowest BCUT2D eigenvalue weighted by molar-refractivity contribution is -0.138. The molecule has 0 bridgehead atoms. The van der Waals surface area contributed by atoms with Crippen LogP contribution in [-0.2, 0) is 4.79 Å². The number of aromatic nitrogens is 1. The maximum atomic E-state index is 11.3. The predicted octanol–water partition coefficient (Wildman–Crippen LogP) is 3.21. The molecule has 0 unspecified atom stereocenters. The number of nitrogens with zero attached hydrogens (tertiary/aromatic N) is 1. The molecule has 21 heavy (non-hydrogen) atoms. The minimum absolute atomic E-state index is 0.591. The van der Waals surface area contributed by atoms with Gasteiger partial charge in [0, 0.05) is 11.6 Å². The third-order valence-corrected chi connectivity index (χ3v) is 4.30. The van der Waals surface area contributed by atoms with E-state index in [2.05, 4.69) is 4.98 Å². The quantitative estimate of drug-likeness (QED) is 0.855. The first-order valence-corrected chi connectivity index (χ1v) is 7.14. The van der Waals surface area contributed by atoms with Gasteiger partial charge in [0.25, 0.3) is 0 Å². The van der Waals surface area contributed by atoms with Crippen LogP contribution in [0.15, 0.2) is 29.4 Å². The summed E-state index contributed by atoms with van der Waals surface area (Å²) in [5, 5.41) is 11.7. The molecule has 1 aromatic heterocycles. The molecule has 0 aliphatic carbocycles. The molecular weight excluding hydrogens is 290 g/mol. The van der Waals surface area contributed by atoms with Crippen molar-refractivity contribution in [3.05, 3.63) is 24.4 Å². The standard InChI is InChI=1S/C15H17NO4S/c1-15(2,14(17)18)21-13-10-8-12(20-4)11(19-3)7-9(10)5-6-16-13/h5-8H,1-4H3,(H,17,18). The zero-order chi connectivity index (χ0) is 15.6. The van der Waals surface area contributed by atoms with Gasteiger partial charge in [0.05, 0.1) is 14.2 Å². The van der Waals surface area contributed by atoms with Crippen LogP contribution in [0, 0.1) is 0 Å². The smallest absolute Gasteiger partial charge is 0.319 e. The molecule has 0 atom stereocenters. The van der Waals surface area contributed by atoms with Crippen molar-refractivity contribution >= 4 is 28.5 Å². The first-order valence-electron chi connectivity index (χ1n) is 6.32. The second-order valence-electron chi connectivity index (χ2n) is 4.96. The van der Waals surface area contributed by atoms with Gasteiger partial charge < -0.3 is 14.6 Å². The van der Waals surface area contributed by atoms with E-state index in [1.165, 1.54) is 11.8 Å². The van der Waals surface area contributed by atoms with Crippen LogP contribution in [0.3, 0.4) is 0 Å². The summed E-state index contributed by atoms with van der Waals surface area (Å²) in [6, 6.07) is 5.53. The van der Waals surface area contributed by atoms with Crippen LogP contribution in [0.2, 0.25) is 0 Å². The number of rotatable bonds is 5. The number of fused-ring (bicyclic) bond motifs is 1. The SMILES string of the molecule is COc1cc2ccnc(SC(C)(C)C(=O)O)c2cc1OC. The zero-order valence-electron chi connectivity index (χ0n) is 12.3. The van der Waals surface area contributed by atoms with Crippen molar-refractivity contribution in [2.24, 2.45) is 0 Å². The summed E-state index contributed by atoms with van der Waals surface area (Å²) in [6.45, 7) is 3.31. The molecule has 0 amide bonds. The molecule has 0 saturated carbocycles. The maximum Gasteiger partial charge on any atom is 0.319 e. The minimum Gasteiger partial charge on any atom is -0.493 e. The molecule has 112 valence electrons. The van der Waals surface area contributed by atoms with Crippen LogP contribution >= 0.6 is 11.8 Å². The Morgan fingerprint density at radius 3 is 2.43 bits per heavy atom. The van der Waals surface area contributed by atoms with E-state index in [0.717, 1.165) is 10.8 Å². The first kappa shape index (κ1) is 15.4. The van der Waals surface area contributed by atoms with Gasteiger partial charge in [0.15, 0.2) is 11.5 Å². The Labute approximate surface area is 127 Å². The molecule has 1 aromatic carbocycles. The number of hydrogen-bond donors (Lipinski definition) is 1. The predicted molar refractivity (Wildman–Crippen MR) is 82.4 cm³/mol. The number of aliphatic carboxylic acids is 1. The summed E-state index contributed by atoms with van der Waals surface area (Å²) in [4.78, 5) is 15.6. The number of hydrogen-bond acceptors (Lipinski definition) is 5. The molecule has 0 radical (unpaired) electrons. The van der Waals surface area contributed by atoms with Gasteiger partial charge in [-0.1, -0.05) is 11.8 Å². The van der Waals surface area contributed by atoms with Crippen molar-refractivity contribution in [3.8, 4) is 11.5 Å². The highest BCUT2D eigenvalue weighted by molar-refractivity contribution is 8.01. The van der Waals surface area contributed by atoms with Crippen molar-refractivity contribution in [3.63, 3.8) is 0 Å². The lowest BCUT2D eigenvalue weighted by atomic mass is 10.1. The molecule has 0 fully saturated rings. The highest BCUT2D eigenvalue weighted by Crippen LogP contribution is 2.39. The fraction of sp³-hybridized carbons (Fsp3) is 0.333. The number of benzene rings is 1. The molecule has 0 saturated heterocycles. The summed E-state index contributed by atoms with van der Waals surface area (Å²) in [6.07, 6.45) is 1.66. The van der Waals surface area contributed by atoms with E-state index < -0.39 is 10.7 Å². The topological polar surface area (TPSA) is 68.7 Å². The van der Waals surface area contributed by atoms with E-state index >= 15 is 0 Å². The Bertz CT molecular complexity index is 685. The first-order chi connectivity index (χ1) is 9.89. The van der Waals surface area contributed by atoms with Gasteiger partial charge >= 0.3 is 5.97 Å². The second kappa shape index (κ2) is 5.81. The molecule has 2 rings (SSSR count). The van der Waals surface area contributed by atoms with Crippen LogP contribution < -0.4 is 9.47 Å². The third kappa shape index (κ3) is 3.05. The van der Waals surface area contributed by atoms with E-state index in [4.69, 9.17) is 9.47 Å². The van der Waals surface area contributed by atoms with Gasteiger partial charge in [-0.15, -0.1) is 0 Å². The minimum atomic E-state index is -0.964. The zero-order valence-corrected chi connectivity index (χ0v) is 13.2. The van der Waals surface area contributed by atoms with E-state index in [-0.39, 0.29) is 0 Å². The molecule has 0 aliphatic heterocycles. The normalized spacial score (nSPS) is 11.4. The molecule has 0 spiro atoms. The average molecular weight is 307 g/mol. The van der Waals surface area contributed by atoms with Crippen molar-refractivity contribution in [1.29, 1.82) is 0 Å². The van der Waals surface area contributed by atoms with E-state index in [1.807, 2.05) is 18.2 Å². The number of methoxy groups -OCH3 is 2. The van der Waals surface area contributed by atoms with Crippen LogP contribution in [0.4, 0.5) is 0 Å². The Morgan fingerprint density at radius 2 is 1.86 bits per heavy atom. The molecule has 6 heteroatoms. The van der Waals surface area contributed by atoms with Gasteiger partial charge in [0.1, 0.15) is 9.77 Å². The van der Waals surface area contributed by atoms with Crippen LogP contribution in [-0.4, -0.2) is 35.0 Å². The van der Waals surface area contributed by atoms with E-state index in [1.54, 1.807) is 34.3 Å². The van der Waals surface area contributed by atoms with Crippen molar-refractivity contribution in [2.75, 3.05) is 14.2 Å². The van der Waals surface area contributed by atoms with Gasteiger partial charge in [-0.25, -0.2) is 4.98 Å². The molecule has 1 heterocycles. The number of carbonyl (C=O) groups is 1. The average Bonchev–Trinajstić information content (AvgIpc) is 2.45. The number of carboxylic acid groups (broad SMARTS) is 1. The summed E-state index contributed by atoms with van der Waals surface area (Å²) >= 11 is 1.21. The molecular formula is C15H17NO4S. The monoisotopic (exact) mass is 307 g/mol. The van der Waals surface area contributed by atoms with E-state index in [9.17, 15) is 9.90 Å². The fourth-order valence-electron chi connectivity index (χ4n) is 1.84. The lowest BCUT2D eigenvalue weighted by Gasteiger charge is -2.19. The Kier molecular flexibility index (Phi) is 4.27. The molecule has 2 aromatic rings. The number of ether oxygens (including phenoxy) is 2. The summed E-state index contributed by atoms with van der Waals surface area (Å²) in [7, 11) is 3.14. The van der Waals surface area contributed by atoms with Crippen LogP contribution in [0.25, 0.3) is 10.8 Å². The van der Waals surface area contributed by atoms with Gasteiger partial charge in [-0.3, -0.25) is 4.79 Å². The second-order valence-corrected chi connectivity index (χ2v) is 6.57. The molecule has 5 nitrogen and oxygen atoms in total. The molecule has 0 aliphatic rings. The van der Waals surface area contributed by atoms with Crippen molar-refractivity contribution in [2.45, 2.75) is 23.6 Å².